The van der Waals surface area contributed by atoms with Gasteiger partial charge in [-0.25, -0.2) is 4.52 Å². The first-order valence-electron chi connectivity index (χ1n) is 8.49. The molecule has 2 heterocycles. The molecule has 1 fully saturated rings. The van der Waals surface area contributed by atoms with Crippen molar-refractivity contribution in [1.29, 1.82) is 0 Å². The third-order valence-corrected chi connectivity index (χ3v) is 4.48. The van der Waals surface area contributed by atoms with Gasteiger partial charge in [0.1, 0.15) is 12.1 Å². The van der Waals surface area contributed by atoms with Crippen molar-refractivity contribution in [1.82, 2.24) is 15.2 Å². The van der Waals surface area contributed by atoms with Crippen LogP contribution in [0.4, 0.5) is 0 Å². The minimum Gasteiger partial charge on any atom is -0.343 e. The number of aromatic nitrogens is 3. The molecule has 0 aliphatic carbocycles. The Bertz CT molecular complexity index is 451. The predicted octanol–water partition coefficient (Wildman–Crippen LogP) is 2.28. The van der Waals surface area contributed by atoms with Crippen LogP contribution in [0.1, 0.15) is 65.7 Å². The summed E-state index contributed by atoms with van der Waals surface area (Å²) in [6.07, 6.45) is 5.43. The van der Waals surface area contributed by atoms with Gasteiger partial charge in [0.05, 0.1) is 6.42 Å². The van der Waals surface area contributed by atoms with E-state index in [0.717, 1.165) is 32.4 Å². The number of rotatable bonds is 5. The molecule has 1 aliphatic rings. The van der Waals surface area contributed by atoms with Gasteiger partial charge in [0.25, 0.3) is 0 Å². The molecule has 0 radical (unpaired) electrons. The number of hydrogen-bond acceptors (Lipinski definition) is 4. The SMILES string of the molecule is CC.CCC1(C)CCN(C(=O)CCCc2nn[n+](C)o2)CC1. The van der Waals surface area contributed by atoms with Gasteiger partial charge in [0.15, 0.2) is 5.21 Å². The lowest BCUT2D eigenvalue weighted by molar-refractivity contribution is -0.893. The summed E-state index contributed by atoms with van der Waals surface area (Å²) in [6, 6.07) is 0. The first-order valence-corrected chi connectivity index (χ1v) is 8.49. The van der Waals surface area contributed by atoms with Crippen LogP contribution in [0.15, 0.2) is 4.52 Å². The highest BCUT2D eigenvalue weighted by molar-refractivity contribution is 5.76. The molecule has 22 heavy (non-hydrogen) atoms. The fraction of sp³-hybridized carbons (Fsp3) is 0.875. The average Bonchev–Trinajstić information content (AvgIpc) is 2.95. The molecular formula is C16H31N4O2+. The van der Waals surface area contributed by atoms with Crippen molar-refractivity contribution >= 4 is 5.91 Å². The van der Waals surface area contributed by atoms with Gasteiger partial charge >= 0.3 is 5.89 Å². The molecule has 0 saturated carbocycles. The number of carbonyl (C=O) groups excluding carboxylic acids is 1. The first-order chi connectivity index (χ1) is 10.5. The van der Waals surface area contributed by atoms with E-state index in [1.807, 2.05) is 18.7 Å². The Balaban J connectivity index is 0.00000116. The molecule has 1 amide bonds. The Hall–Kier alpha value is -1.46. The standard InChI is InChI=1S/C14H25N4O2.C2H6/c1-4-14(2)8-10-18(11-9-14)13(19)7-5-6-12-15-16-17(3)20-12;1-2/h4-11H2,1-3H3;1-2H3/q+1;. The Morgan fingerprint density at radius 3 is 2.50 bits per heavy atom. The summed E-state index contributed by atoms with van der Waals surface area (Å²) in [7, 11) is 1.69. The van der Waals surface area contributed by atoms with Crippen LogP contribution in [0.5, 0.6) is 0 Å². The third-order valence-electron chi connectivity index (χ3n) is 4.48. The molecule has 1 aromatic heterocycles. The Morgan fingerprint density at radius 2 is 2.00 bits per heavy atom. The molecule has 0 unspecified atom stereocenters. The second-order valence-electron chi connectivity index (χ2n) is 6.04. The average molecular weight is 311 g/mol. The number of hydrogen-bond donors (Lipinski definition) is 0. The van der Waals surface area contributed by atoms with Crippen LogP contribution in [0.25, 0.3) is 0 Å². The van der Waals surface area contributed by atoms with Gasteiger partial charge in [-0.2, -0.15) is 0 Å². The maximum Gasteiger partial charge on any atom is 0.383 e. The van der Waals surface area contributed by atoms with E-state index in [-0.39, 0.29) is 5.91 Å². The van der Waals surface area contributed by atoms with E-state index >= 15 is 0 Å². The van der Waals surface area contributed by atoms with Crippen molar-refractivity contribution in [2.75, 3.05) is 13.1 Å². The van der Waals surface area contributed by atoms with Gasteiger partial charge in [-0.15, -0.1) is 0 Å². The molecule has 126 valence electrons. The largest absolute Gasteiger partial charge is 0.383 e. The zero-order valence-electron chi connectivity index (χ0n) is 14.8. The topological polar surface area (TPSA) is 63.1 Å². The van der Waals surface area contributed by atoms with Gasteiger partial charge in [-0.05, 0) is 24.7 Å². The molecule has 2 rings (SSSR count). The second kappa shape index (κ2) is 8.86. The van der Waals surface area contributed by atoms with Gasteiger partial charge in [0, 0.05) is 24.4 Å². The van der Waals surface area contributed by atoms with Crippen molar-refractivity contribution in [3.63, 3.8) is 0 Å². The monoisotopic (exact) mass is 311 g/mol. The smallest absolute Gasteiger partial charge is 0.343 e. The number of piperidine rings is 1. The Morgan fingerprint density at radius 1 is 1.36 bits per heavy atom. The normalized spacial score (nSPS) is 16.9. The highest BCUT2D eigenvalue weighted by Gasteiger charge is 2.30. The highest BCUT2D eigenvalue weighted by atomic mass is 16.5. The van der Waals surface area contributed by atoms with Gasteiger partial charge in [-0.1, -0.05) is 34.1 Å². The van der Waals surface area contributed by atoms with E-state index in [2.05, 4.69) is 24.2 Å². The van der Waals surface area contributed by atoms with Crippen LogP contribution in [0.3, 0.4) is 0 Å². The number of nitrogens with zero attached hydrogens (tertiary/aromatic N) is 4. The van der Waals surface area contributed by atoms with Crippen LogP contribution in [-0.2, 0) is 18.3 Å². The number of aryl methyl sites for hydroxylation is 2. The van der Waals surface area contributed by atoms with Crippen LogP contribution in [-0.4, -0.2) is 34.2 Å². The van der Waals surface area contributed by atoms with Crippen molar-refractivity contribution in [3.05, 3.63) is 5.89 Å². The molecule has 6 heteroatoms. The summed E-state index contributed by atoms with van der Waals surface area (Å²) >= 11 is 0. The lowest BCUT2D eigenvalue weighted by Crippen LogP contribution is -2.41. The first kappa shape index (κ1) is 18.6. The van der Waals surface area contributed by atoms with Crippen LogP contribution < -0.4 is 4.85 Å². The molecule has 0 aromatic carbocycles. The highest BCUT2D eigenvalue weighted by Crippen LogP contribution is 2.34. The zero-order valence-corrected chi connectivity index (χ0v) is 14.8. The number of amides is 1. The molecule has 1 aromatic rings. The molecule has 0 atom stereocenters. The summed E-state index contributed by atoms with van der Waals surface area (Å²) < 4.78 is 5.22. The van der Waals surface area contributed by atoms with E-state index < -0.39 is 0 Å². The van der Waals surface area contributed by atoms with Crippen LogP contribution in [0, 0.1) is 5.41 Å². The van der Waals surface area contributed by atoms with Crippen LogP contribution in [0.2, 0.25) is 0 Å². The lowest BCUT2D eigenvalue weighted by Gasteiger charge is -2.39. The van der Waals surface area contributed by atoms with E-state index in [1.165, 1.54) is 11.3 Å². The Labute approximate surface area is 133 Å². The molecule has 6 nitrogen and oxygen atoms in total. The zero-order chi connectivity index (χ0) is 16.6. The van der Waals surface area contributed by atoms with E-state index in [9.17, 15) is 4.79 Å². The van der Waals surface area contributed by atoms with Crippen molar-refractivity contribution in [2.24, 2.45) is 12.5 Å². The van der Waals surface area contributed by atoms with Gasteiger partial charge in [0.2, 0.25) is 5.91 Å². The third kappa shape index (κ3) is 5.39. The summed E-state index contributed by atoms with van der Waals surface area (Å²) in [5.74, 6) is 0.851. The minimum absolute atomic E-state index is 0.257. The lowest BCUT2D eigenvalue weighted by atomic mass is 9.78. The number of likely N-dealkylation sites (tertiary alicyclic amines) is 1. The molecular weight excluding hydrogens is 280 g/mol. The summed E-state index contributed by atoms with van der Waals surface area (Å²) in [6.45, 7) is 10.4. The van der Waals surface area contributed by atoms with Gasteiger partial charge < -0.3 is 4.90 Å². The predicted molar refractivity (Wildman–Crippen MR) is 84.0 cm³/mol. The summed E-state index contributed by atoms with van der Waals surface area (Å²) in [4.78, 5) is 15.5. The fourth-order valence-electron chi connectivity index (χ4n) is 2.60. The van der Waals surface area contributed by atoms with E-state index in [0.29, 0.717) is 24.1 Å². The molecule has 1 aliphatic heterocycles. The van der Waals surface area contributed by atoms with E-state index in [1.54, 1.807) is 7.05 Å². The van der Waals surface area contributed by atoms with Crippen LogP contribution >= 0.6 is 0 Å². The minimum atomic E-state index is 0.257. The maximum absolute atomic E-state index is 12.1. The fourth-order valence-corrected chi connectivity index (χ4v) is 2.60. The van der Waals surface area contributed by atoms with Crippen molar-refractivity contribution in [3.8, 4) is 0 Å². The molecule has 0 N–H and O–H groups in total. The quantitative estimate of drug-likeness (QED) is 0.783. The Kier molecular flexibility index (Phi) is 7.48. The van der Waals surface area contributed by atoms with Gasteiger partial charge in [-0.3, -0.25) is 4.79 Å². The van der Waals surface area contributed by atoms with E-state index in [4.69, 9.17) is 4.52 Å². The molecule has 0 spiro atoms. The molecule has 1 saturated heterocycles. The summed E-state index contributed by atoms with van der Waals surface area (Å²) in [5, 5.41) is 7.61. The molecule has 0 bridgehead atoms. The second-order valence-corrected chi connectivity index (χ2v) is 6.04. The maximum atomic E-state index is 12.1. The summed E-state index contributed by atoms with van der Waals surface area (Å²) in [5.41, 5.74) is 0.426. The van der Waals surface area contributed by atoms with Crippen molar-refractivity contribution < 1.29 is 14.2 Å². The van der Waals surface area contributed by atoms with Crippen molar-refractivity contribution in [2.45, 2.75) is 66.2 Å². The number of carbonyl (C=O) groups is 1.